The van der Waals surface area contributed by atoms with E-state index in [2.05, 4.69) is 5.32 Å². The first-order valence-corrected chi connectivity index (χ1v) is 6.63. The number of hydrogen-bond acceptors (Lipinski definition) is 4. The van der Waals surface area contributed by atoms with Crippen LogP contribution in [0.4, 0.5) is 0 Å². The van der Waals surface area contributed by atoms with Gasteiger partial charge in [0.1, 0.15) is 5.75 Å². The topological polar surface area (TPSA) is 81.4 Å². The molecule has 0 saturated carbocycles. The Hall–Kier alpha value is -0.460. The van der Waals surface area contributed by atoms with E-state index >= 15 is 0 Å². The largest absolute Gasteiger partial charge is 0.381 e. The van der Waals surface area contributed by atoms with E-state index in [-0.39, 0.29) is 17.7 Å². The minimum atomic E-state index is -1.12. The molecule has 0 aromatic rings. The summed E-state index contributed by atoms with van der Waals surface area (Å²) in [5, 5.41) is 2.86. The SMILES string of the molecule is NCCS(=O)CC(=O)NC1CCOCC1. The smallest absolute Gasteiger partial charge is 0.232 e. The predicted molar refractivity (Wildman–Crippen MR) is 58.9 cm³/mol. The maximum atomic E-state index is 11.4. The molecule has 1 saturated heterocycles. The lowest BCUT2D eigenvalue weighted by Crippen LogP contribution is -2.41. The minimum absolute atomic E-state index is 0.0640. The van der Waals surface area contributed by atoms with Crippen LogP contribution in [0.15, 0.2) is 0 Å². The lowest BCUT2D eigenvalue weighted by Gasteiger charge is -2.22. The number of nitrogens with one attached hydrogen (secondary N) is 1. The first-order valence-electron chi connectivity index (χ1n) is 5.14. The zero-order valence-corrected chi connectivity index (χ0v) is 9.55. The van der Waals surface area contributed by atoms with Gasteiger partial charge in [0.05, 0.1) is 0 Å². The van der Waals surface area contributed by atoms with Crippen molar-refractivity contribution in [3.63, 3.8) is 0 Å². The highest BCUT2D eigenvalue weighted by Gasteiger charge is 2.16. The molecule has 88 valence electrons. The Kier molecular flexibility index (Phi) is 5.82. The van der Waals surface area contributed by atoms with Crippen molar-refractivity contribution in [1.82, 2.24) is 5.32 Å². The van der Waals surface area contributed by atoms with Crippen molar-refractivity contribution in [1.29, 1.82) is 0 Å². The summed E-state index contributed by atoms with van der Waals surface area (Å²) in [7, 11) is -1.12. The monoisotopic (exact) mass is 234 g/mol. The average Bonchev–Trinajstić information content (AvgIpc) is 2.19. The van der Waals surface area contributed by atoms with E-state index in [1.165, 1.54) is 0 Å². The van der Waals surface area contributed by atoms with Gasteiger partial charge >= 0.3 is 0 Å². The van der Waals surface area contributed by atoms with E-state index in [9.17, 15) is 9.00 Å². The normalized spacial score (nSPS) is 19.8. The molecule has 0 bridgehead atoms. The van der Waals surface area contributed by atoms with E-state index < -0.39 is 10.8 Å². The molecule has 15 heavy (non-hydrogen) atoms. The number of amides is 1. The Labute approximate surface area is 92.2 Å². The first kappa shape index (κ1) is 12.6. The highest BCUT2D eigenvalue weighted by atomic mass is 32.2. The summed E-state index contributed by atoms with van der Waals surface area (Å²) in [4.78, 5) is 11.4. The van der Waals surface area contributed by atoms with Crippen molar-refractivity contribution < 1.29 is 13.7 Å². The van der Waals surface area contributed by atoms with Gasteiger partial charge in [-0.2, -0.15) is 0 Å². The van der Waals surface area contributed by atoms with Gasteiger partial charge in [-0.3, -0.25) is 9.00 Å². The summed E-state index contributed by atoms with van der Waals surface area (Å²) < 4.78 is 16.4. The van der Waals surface area contributed by atoms with Crippen LogP contribution in [-0.2, 0) is 20.3 Å². The number of hydrogen-bond donors (Lipinski definition) is 2. The van der Waals surface area contributed by atoms with Crippen LogP contribution in [0, 0.1) is 0 Å². The van der Waals surface area contributed by atoms with Crippen molar-refractivity contribution >= 4 is 16.7 Å². The van der Waals surface area contributed by atoms with E-state index in [0.29, 0.717) is 25.5 Å². The molecule has 1 fully saturated rings. The fourth-order valence-corrected chi connectivity index (χ4v) is 2.24. The number of nitrogens with two attached hydrogens (primary N) is 1. The van der Waals surface area contributed by atoms with Gasteiger partial charge in [-0.1, -0.05) is 0 Å². The second kappa shape index (κ2) is 6.92. The first-order chi connectivity index (χ1) is 7.22. The van der Waals surface area contributed by atoms with Crippen LogP contribution in [0.5, 0.6) is 0 Å². The lowest BCUT2D eigenvalue weighted by atomic mass is 10.1. The predicted octanol–water partition coefficient (Wildman–Crippen LogP) is -1.01. The molecule has 1 unspecified atom stereocenters. The molecule has 1 rings (SSSR count). The molecule has 0 aliphatic carbocycles. The Bertz CT molecular complexity index is 229. The molecule has 0 aromatic carbocycles. The molecule has 5 nitrogen and oxygen atoms in total. The van der Waals surface area contributed by atoms with E-state index in [1.807, 2.05) is 0 Å². The lowest BCUT2D eigenvalue weighted by molar-refractivity contribution is -0.119. The number of carbonyl (C=O) groups is 1. The molecule has 1 aliphatic heterocycles. The highest BCUT2D eigenvalue weighted by molar-refractivity contribution is 7.85. The Morgan fingerprint density at radius 3 is 2.73 bits per heavy atom. The van der Waals surface area contributed by atoms with E-state index in [1.54, 1.807) is 0 Å². The fourth-order valence-electron chi connectivity index (χ4n) is 1.46. The Morgan fingerprint density at radius 1 is 1.47 bits per heavy atom. The summed E-state index contributed by atoms with van der Waals surface area (Å²) >= 11 is 0. The number of carbonyl (C=O) groups excluding carboxylic acids is 1. The van der Waals surface area contributed by atoms with Crippen molar-refractivity contribution in [3.8, 4) is 0 Å². The van der Waals surface area contributed by atoms with Crippen LogP contribution < -0.4 is 11.1 Å². The molecule has 1 aliphatic rings. The highest BCUT2D eigenvalue weighted by Crippen LogP contribution is 2.05. The zero-order chi connectivity index (χ0) is 11.1. The van der Waals surface area contributed by atoms with Crippen LogP contribution in [0.1, 0.15) is 12.8 Å². The second-order valence-electron chi connectivity index (χ2n) is 3.53. The van der Waals surface area contributed by atoms with Crippen molar-refractivity contribution in [2.75, 3.05) is 31.3 Å². The molecular weight excluding hydrogens is 216 g/mol. The average molecular weight is 234 g/mol. The van der Waals surface area contributed by atoms with Crippen LogP contribution >= 0.6 is 0 Å². The molecular formula is C9H18N2O3S. The zero-order valence-electron chi connectivity index (χ0n) is 8.74. The van der Waals surface area contributed by atoms with Crippen molar-refractivity contribution in [2.24, 2.45) is 5.73 Å². The number of rotatable bonds is 5. The van der Waals surface area contributed by atoms with Crippen LogP contribution in [-0.4, -0.2) is 47.4 Å². The van der Waals surface area contributed by atoms with E-state index in [0.717, 1.165) is 12.8 Å². The van der Waals surface area contributed by atoms with Gasteiger partial charge in [-0.15, -0.1) is 0 Å². The Morgan fingerprint density at radius 2 is 2.13 bits per heavy atom. The standard InChI is InChI=1S/C9H18N2O3S/c10-3-6-15(13)7-9(12)11-8-1-4-14-5-2-8/h8H,1-7,10H2,(H,11,12). The third-order valence-electron chi connectivity index (χ3n) is 2.22. The van der Waals surface area contributed by atoms with Gasteiger partial charge in [0.25, 0.3) is 0 Å². The third kappa shape index (κ3) is 5.25. The molecule has 0 spiro atoms. The summed E-state index contributed by atoms with van der Waals surface area (Å²) in [6.07, 6.45) is 1.69. The second-order valence-corrected chi connectivity index (χ2v) is 5.11. The van der Waals surface area contributed by atoms with Gasteiger partial charge < -0.3 is 15.8 Å². The maximum absolute atomic E-state index is 11.4. The molecule has 0 aromatic heterocycles. The molecule has 0 radical (unpaired) electrons. The van der Waals surface area contributed by atoms with E-state index in [4.69, 9.17) is 10.5 Å². The summed E-state index contributed by atoms with van der Waals surface area (Å²) in [5.41, 5.74) is 5.25. The van der Waals surface area contributed by atoms with Crippen LogP contribution in [0.25, 0.3) is 0 Å². The minimum Gasteiger partial charge on any atom is -0.381 e. The summed E-state index contributed by atoms with van der Waals surface area (Å²) in [6, 6.07) is 0.182. The van der Waals surface area contributed by atoms with Crippen LogP contribution in [0.3, 0.4) is 0 Å². The molecule has 1 heterocycles. The van der Waals surface area contributed by atoms with Gasteiger partial charge in [0, 0.05) is 42.4 Å². The molecule has 3 N–H and O–H groups in total. The van der Waals surface area contributed by atoms with Gasteiger partial charge in [-0.25, -0.2) is 0 Å². The van der Waals surface area contributed by atoms with Crippen molar-refractivity contribution in [3.05, 3.63) is 0 Å². The molecule has 6 heteroatoms. The quantitative estimate of drug-likeness (QED) is 0.638. The molecule has 1 amide bonds. The third-order valence-corrected chi connectivity index (χ3v) is 3.50. The van der Waals surface area contributed by atoms with Crippen molar-refractivity contribution in [2.45, 2.75) is 18.9 Å². The summed E-state index contributed by atoms with van der Waals surface area (Å²) in [5.74, 6) is 0.309. The van der Waals surface area contributed by atoms with Gasteiger partial charge in [0.15, 0.2) is 0 Å². The molecule has 1 atom stereocenters. The maximum Gasteiger partial charge on any atom is 0.232 e. The summed E-state index contributed by atoms with van der Waals surface area (Å²) in [6.45, 7) is 1.74. The Balaban J connectivity index is 2.19. The van der Waals surface area contributed by atoms with Gasteiger partial charge in [0.2, 0.25) is 5.91 Å². The number of ether oxygens (including phenoxy) is 1. The van der Waals surface area contributed by atoms with Gasteiger partial charge in [-0.05, 0) is 12.8 Å². The van der Waals surface area contributed by atoms with Crippen LogP contribution in [0.2, 0.25) is 0 Å². The fraction of sp³-hybridized carbons (Fsp3) is 0.889.